The van der Waals surface area contributed by atoms with Crippen molar-refractivity contribution in [3.8, 4) is 5.75 Å². The summed E-state index contributed by atoms with van der Waals surface area (Å²) in [5.41, 5.74) is -1.42. The van der Waals surface area contributed by atoms with E-state index in [0.29, 0.717) is 23.9 Å². The highest BCUT2D eigenvalue weighted by atomic mass is 19.4. The van der Waals surface area contributed by atoms with Gasteiger partial charge < -0.3 is 9.84 Å². The van der Waals surface area contributed by atoms with Crippen molar-refractivity contribution in [2.24, 2.45) is 0 Å². The van der Waals surface area contributed by atoms with Crippen LogP contribution < -0.4 is 4.74 Å². The van der Waals surface area contributed by atoms with Crippen molar-refractivity contribution in [1.29, 1.82) is 0 Å². The van der Waals surface area contributed by atoms with Gasteiger partial charge in [-0.15, -0.1) is 0 Å². The first-order valence-electron chi connectivity index (χ1n) is 6.01. The Hall–Kier alpha value is -2.08. The van der Waals surface area contributed by atoms with E-state index in [4.69, 9.17) is 4.74 Å². The van der Waals surface area contributed by atoms with Crippen LogP contribution in [0.3, 0.4) is 0 Å². The van der Waals surface area contributed by atoms with Crippen LogP contribution in [0.15, 0.2) is 42.5 Å². The average molecular weight is 300 g/mol. The van der Waals surface area contributed by atoms with Gasteiger partial charge in [-0.2, -0.15) is 13.2 Å². The third kappa shape index (κ3) is 3.33. The first-order valence-corrected chi connectivity index (χ1v) is 6.01. The summed E-state index contributed by atoms with van der Waals surface area (Å²) >= 11 is 0. The Kier molecular flexibility index (Phi) is 4.18. The first-order chi connectivity index (χ1) is 9.82. The number of alkyl halides is 3. The Morgan fingerprint density at radius 1 is 1.10 bits per heavy atom. The van der Waals surface area contributed by atoms with Crippen molar-refractivity contribution in [1.82, 2.24) is 0 Å². The maximum atomic E-state index is 13.3. The maximum absolute atomic E-state index is 13.3. The van der Waals surface area contributed by atoms with E-state index in [1.807, 2.05) is 0 Å². The molecule has 21 heavy (non-hydrogen) atoms. The van der Waals surface area contributed by atoms with Crippen LogP contribution in [-0.2, 0) is 6.18 Å². The molecule has 1 atom stereocenters. The fourth-order valence-electron chi connectivity index (χ4n) is 2.01. The number of aliphatic hydroxyl groups excluding tert-OH is 1. The molecule has 0 radical (unpaired) electrons. The highest BCUT2D eigenvalue weighted by Gasteiger charge is 2.35. The lowest BCUT2D eigenvalue weighted by atomic mass is 9.96. The molecule has 0 aliphatic heterocycles. The smallest absolute Gasteiger partial charge is 0.416 e. The second kappa shape index (κ2) is 5.73. The summed E-state index contributed by atoms with van der Waals surface area (Å²) in [5.74, 6) is -0.462. The molecule has 2 rings (SSSR count). The fourth-order valence-corrected chi connectivity index (χ4v) is 2.01. The molecular weight excluding hydrogens is 288 g/mol. The van der Waals surface area contributed by atoms with Crippen molar-refractivity contribution in [2.75, 3.05) is 7.11 Å². The van der Waals surface area contributed by atoms with E-state index >= 15 is 0 Å². The number of methoxy groups -OCH3 is 1. The van der Waals surface area contributed by atoms with Crippen LogP contribution in [0.2, 0.25) is 0 Å². The van der Waals surface area contributed by atoms with Gasteiger partial charge in [-0.05, 0) is 35.9 Å². The zero-order valence-electron chi connectivity index (χ0n) is 11.0. The van der Waals surface area contributed by atoms with E-state index in [2.05, 4.69) is 0 Å². The lowest BCUT2D eigenvalue weighted by Gasteiger charge is -2.18. The van der Waals surface area contributed by atoms with Gasteiger partial charge in [0.1, 0.15) is 17.7 Å². The van der Waals surface area contributed by atoms with Gasteiger partial charge in [0, 0.05) is 5.56 Å². The number of halogens is 4. The molecule has 2 aromatic carbocycles. The molecule has 0 spiro atoms. The summed E-state index contributed by atoms with van der Waals surface area (Å²) in [6, 6.07) is 7.98. The van der Waals surface area contributed by atoms with Crippen LogP contribution in [-0.4, -0.2) is 12.2 Å². The van der Waals surface area contributed by atoms with Crippen molar-refractivity contribution in [3.05, 3.63) is 65.0 Å². The minimum Gasteiger partial charge on any atom is -0.497 e. The highest BCUT2D eigenvalue weighted by Crippen LogP contribution is 2.37. The minimum atomic E-state index is -4.68. The van der Waals surface area contributed by atoms with E-state index in [1.165, 1.54) is 25.3 Å². The normalized spacial score (nSPS) is 13.0. The second-order valence-corrected chi connectivity index (χ2v) is 4.41. The molecule has 0 amide bonds. The standard InChI is InChI=1S/C15H12F4O2/c1-21-11-4-2-3-9(7-11)14(20)12-8-10(16)5-6-13(12)15(17,18)19/h2-8,14,20H,1H3. The summed E-state index contributed by atoms with van der Waals surface area (Å²) in [6.07, 6.45) is -6.28. The summed E-state index contributed by atoms with van der Waals surface area (Å²) in [5, 5.41) is 10.2. The van der Waals surface area contributed by atoms with Gasteiger partial charge in [-0.1, -0.05) is 12.1 Å². The lowest BCUT2D eigenvalue weighted by Crippen LogP contribution is -2.13. The van der Waals surface area contributed by atoms with E-state index in [9.17, 15) is 22.7 Å². The first kappa shape index (κ1) is 15.3. The zero-order valence-corrected chi connectivity index (χ0v) is 11.0. The molecule has 2 nitrogen and oxygen atoms in total. The molecule has 1 unspecified atom stereocenters. The van der Waals surface area contributed by atoms with Crippen molar-refractivity contribution in [2.45, 2.75) is 12.3 Å². The van der Waals surface area contributed by atoms with Crippen molar-refractivity contribution in [3.63, 3.8) is 0 Å². The van der Waals surface area contributed by atoms with Crippen molar-refractivity contribution >= 4 is 0 Å². The third-order valence-electron chi connectivity index (χ3n) is 3.02. The topological polar surface area (TPSA) is 29.5 Å². The summed E-state index contributed by atoms with van der Waals surface area (Å²) in [6.45, 7) is 0. The van der Waals surface area contributed by atoms with E-state index in [-0.39, 0.29) is 5.56 Å². The second-order valence-electron chi connectivity index (χ2n) is 4.41. The monoisotopic (exact) mass is 300 g/mol. The molecule has 1 N–H and O–H groups in total. The molecule has 0 bridgehead atoms. The number of rotatable bonds is 3. The molecule has 2 aromatic rings. The number of benzene rings is 2. The molecule has 0 fully saturated rings. The molecule has 0 aliphatic rings. The van der Waals surface area contributed by atoms with E-state index in [0.717, 1.165) is 0 Å². The lowest BCUT2D eigenvalue weighted by molar-refractivity contribution is -0.139. The van der Waals surface area contributed by atoms with Crippen LogP contribution in [0, 0.1) is 5.82 Å². The number of hydrogen-bond donors (Lipinski definition) is 1. The zero-order chi connectivity index (χ0) is 15.6. The number of aliphatic hydroxyl groups is 1. The molecule has 0 saturated heterocycles. The predicted octanol–water partition coefficient (Wildman–Crippen LogP) is 3.93. The molecule has 0 heterocycles. The van der Waals surface area contributed by atoms with Gasteiger partial charge in [0.25, 0.3) is 0 Å². The van der Waals surface area contributed by atoms with Crippen LogP contribution in [0.4, 0.5) is 17.6 Å². The largest absolute Gasteiger partial charge is 0.497 e. The molecule has 112 valence electrons. The summed E-state index contributed by atoms with van der Waals surface area (Å²) in [7, 11) is 1.40. The van der Waals surface area contributed by atoms with Gasteiger partial charge in [0.2, 0.25) is 0 Å². The number of ether oxygens (including phenoxy) is 1. The highest BCUT2D eigenvalue weighted by molar-refractivity contribution is 5.40. The molecular formula is C15H12F4O2. The quantitative estimate of drug-likeness (QED) is 0.870. The van der Waals surface area contributed by atoms with Gasteiger partial charge in [0.15, 0.2) is 0 Å². The number of hydrogen-bond acceptors (Lipinski definition) is 2. The Bertz CT molecular complexity index is 638. The molecule has 0 aliphatic carbocycles. The summed E-state index contributed by atoms with van der Waals surface area (Å²) < 4.78 is 57.0. The van der Waals surface area contributed by atoms with Gasteiger partial charge in [0.05, 0.1) is 12.7 Å². The third-order valence-corrected chi connectivity index (χ3v) is 3.02. The summed E-state index contributed by atoms with van der Waals surface area (Å²) in [4.78, 5) is 0. The van der Waals surface area contributed by atoms with Crippen molar-refractivity contribution < 1.29 is 27.4 Å². The van der Waals surface area contributed by atoms with E-state index < -0.39 is 29.2 Å². The Balaban J connectivity index is 2.51. The average Bonchev–Trinajstić information content (AvgIpc) is 2.45. The SMILES string of the molecule is COc1cccc(C(O)c2cc(F)ccc2C(F)(F)F)c1. The van der Waals surface area contributed by atoms with E-state index in [1.54, 1.807) is 6.07 Å². The Morgan fingerprint density at radius 2 is 1.81 bits per heavy atom. The van der Waals surface area contributed by atoms with Gasteiger partial charge >= 0.3 is 6.18 Å². The van der Waals surface area contributed by atoms with Crippen LogP contribution >= 0.6 is 0 Å². The molecule has 0 aromatic heterocycles. The van der Waals surface area contributed by atoms with Crippen LogP contribution in [0.25, 0.3) is 0 Å². The Morgan fingerprint density at radius 3 is 2.43 bits per heavy atom. The maximum Gasteiger partial charge on any atom is 0.416 e. The Labute approximate surface area is 118 Å². The minimum absolute atomic E-state index is 0.186. The van der Waals surface area contributed by atoms with Gasteiger partial charge in [-0.25, -0.2) is 4.39 Å². The fraction of sp³-hybridized carbons (Fsp3) is 0.200. The van der Waals surface area contributed by atoms with Crippen LogP contribution in [0.5, 0.6) is 5.75 Å². The van der Waals surface area contributed by atoms with Crippen LogP contribution in [0.1, 0.15) is 22.8 Å². The molecule has 0 saturated carbocycles. The van der Waals surface area contributed by atoms with Gasteiger partial charge in [-0.3, -0.25) is 0 Å². The predicted molar refractivity (Wildman–Crippen MR) is 68.5 cm³/mol. The molecule has 6 heteroatoms.